The summed E-state index contributed by atoms with van der Waals surface area (Å²) in [5.74, 6) is 0.437. The number of halogens is 1. The van der Waals surface area contributed by atoms with Gasteiger partial charge in [0.1, 0.15) is 29.5 Å². The van der Waals surface area contributed by atoms with Gasteiger partial charge in [0.15, 0.2) is 6.29 Å². The van der Waals surface area contributed by atoms with Gasteiger partial charge in [0.2, 0.25) is 0 Å². The summed E-state index contributed by atoms with van der Waals surface area (Å²) < 4.78 is 21.0. The van der Waals surface area contributed by atoms with Gasteiger partial charge in [-0.1, -0.05) is 0 Å². The van der Waals surface area contributed by atoms with Crippen LogP contribution in [0.1, 0.15) is 32.9 Å². The number of nitrogens with one attached hydrogen (secondary N) is 2. The van der Waals surface area contributed by atoms with Gasteiger partial charge in [-0.15, -0.1) is 0 Å². The van der Waals surface area contributed by atoms with E-state index in [0.29, 0.717) is 65.2 Å². The number of aryl methyl sites for hydroxylation is 2. The van der Waals surface area contributed by atoms with Gasteiger partial charge in [-0.25, -0.2) is 14.4 Å². The van der Waals surface area contributed by atoms with Crippen LogP contribution >= 0.6 is 0 Å². The van der Waals surface area contributed by atoms with Crippen LogP contribution in [-0.2, 0) is 16.6 Å². The molecule has 3 heterocycles. The van der Waals surface area contributed by atoms with Crippen molar-refractivity contribution in [2.24, 2.45) is 7.05 Å². The highest BCUT2D eigenvalue weighted by Gasteiger charge is 2.21. The highest BCUT2D eigenvalue weighted by Crippen LogP contribution is 2.33. The van der Waals surface area contributed by atoms with Crippen molar-refractivity contribution >= 4 is 41.2 Å². The predicted octanol–water partition coefficient (Wildman–Crippen LogP) is 3.18. The van der Waals surface area contributed by atoms with Gasteiger partial charge in [0, 0.05) is 64.3 Å². The Balaban J connectivity index is 1.64. The molecular weight excluding hydrogens is 513 g/mol. The molecule has 0 radical (unpaired) electrons. The number of anilines is 3. The summed E-state index contributed by atoms with van der Waals surface area (Å²) in [5, 5.41) is 6.21. The molecule has 3 aromatic rings. The summed E-state index contributed by atoms with van der Waals surface area (Å²) in [6.07, 6.45) is 3.90. The fourth-order valence-corrected chi connectivity index (χ4v) is 4.69. The van der Waals surface area contributed by atoms with Crippen LogP contribution in [-0.4, -0.2) is 85.1 Å². The zero-order valence-corrected chi connectivity index (χ0v) is 23.6. The molecule has 0 unspecified atom stereocenters. The maximum Gasteiger partial charge on any atom is 0.267 e. The standard InChI is InChI=1S/C29H36FN7O3/c1-19-14-22(6-7-23(19)30)34-27-26(28(35(3)4)33-18-32-27)21(17-38)16-24-20(2)15-25(36(24)5)29(39)31-8-9-37-10-12-40-13-11-37/h6-7,14-18H,8-13H2,1-5H3,(H,31,39)(H,32,33,34)/b21-16+. The number of carbonyl (C=O) groups is 2. The van der Waals surface area contributed by atoms with Gasteiger partial charge in [0.25, 0.3) is 5.91 Å². The quantitative estimate of drug-likeness (QED) is 0.294. The van der Waals surface area contributed by atoms with Crippen LogP contribution in [0.25, 0.3) is 11.6 Å². The largest absolute Gasteiger partial charge is 0.379 e. The second-order valence-corrected chi connectivity index (χ2v) is 9.99. The van der Waals surface area contributed by atoms with Crippen LogP contribution in [0.4, 0.5) is 21.7 Å². The van der Waals surface area contributed by atoms with E-state index in [-0.39, 0.29) is 11.7 Å². The summed E-state index contributed by atoms with van der Waals surface area (Å²) in [6, 6.07) is 6.47. The summed E-state index contributed by atoms with van der Waals surface area (Å²) in [4.78, 5) is 38.4. The molecule has 0 aliphatic carbocycles. The Kier molecular flexibility index (Phi) is 9.28. The fraction of sp³-hybridized carbons (Fsp3) is 0.379. The molecule has 1 aromatic carbocycles. The van der Waals surface area contributed by atoms with E-state index in [1.807, 2.05) is 27.1 Å². The average molecular weight is 550 g/mol. The molecule has 11 heteroatoms. The first-order chi connectivity index (χ1) is 19.2. The number of allylic oxidation sites excluding steroid dienone is 1. The number of hydrogen-bond donors (Lipinski definition) is 2. The third kappa shape index (κ3) is 6.54. The molecule has 4 rings (SSSR count). The molecule has 1 aliphatic heterocycles. The number of morpholine rings is 1. The van der Waals surface area contributed by atoms with Crippen LogP contribution in [0.5, 0.6) is 0 Å². The van der Waals surface area contributed by atoms with E-state index in [1.54, 1.807) is 41.6 Å². The minimum Gasteiger partial charge on any atom is -0.379 e. The Morgan fingerprint density at radius 1 is 1.15 bits per heavy atom. The molecule has 10 nitrogen and oxygen atoms in total. The minimum absolute atomic E-state index is 0.183. The number of aromatic nitrogens is 3. The lowest BCUT2D eigenvalue weighted by Gasteiger charge is -2.26. The fourth-order valence-electron chi connectivity index (χ4n) is 4.69. The predicted molar refractivity (Wildman–Crippen MR) is 154 cm³/mol. The molecule has 40 heavy (non-hydrogen) atoms. The van der Waals surface area contributed by atoms with Crippen LogP contribution < -0.4 is 15.5 Å². The SMILES string of the molecule is Cc1cc(Nc2ncnc(N(C)C)c2/C(C=O)=C/c2c(C)cc(C(=O)NCCN3CCOCC3)n2C)ccc1F. The van der Waals surface area contributed by atoms with Crippen LogP contribution in [0.3, 0.4) is 0 Å². The number of nitrogens with zero attached hydrogens (tertiary/aromatic N) is 5. The lowest BCUT2D eigenvalue weighted by Crippen LogP contribution is -2.41. The zero-order valence-electron chi connectivity index (χ0n) is 23.6. The highest BCUT2D eigenvalue weighted by molar-refractivity contribution is 6.17. The van der Waals surface area contributed by atoms with Crippen molar-refractivity contribution in [3.63, 3.8) is 0 Å². The molecule has 1 amide bonds. The van der Waals surface area contributed by atoms with E-state index < -0.39 is 0 Å². The molecule has 0 atom stereocenters. The molecule has 0 bridgehead atoms. The van der Waals surface area contributed by atoms with Crippen molar-refractivity contribution in [3.8, 4) is 0 Å². The second-order valence-electron chi connectivity index (χ2n) is 9.99. The van der Waals surface area contributed by atoms with Crippen molar-refractivity contribution < 1.29 is 18.7 Å². The van der Waals surface area contributed by atoms with E-state index in [0.717, 1.165) is 31.5 Å². The van der Waals surface area contributed by atoms with Crippen molar-refractivity contribution in [1.82, 2.24) is 24.8 Å². The number of benzene rings is 1. The van der Waals surface area contributed by atoms with E-state index in [1.165, 1.54) is 12.4 Å². The average Bonchev–Trinajstić information content (AvgIpc) is 3.22. The summed E-state index contributed by atoms with van der Waals surface area (Å²) in [7, 11) is 5.45. The van der Waals surface area contributed by atoms with Gasteiger partial charge in [-0.2, -0.15) is 0 Å². The molecule has 0 saturated carbocycles. The molecule has 0 spiro atoms. The smallest absolute Gasteiger partial charge is 0.267 e. The Labute approximate surface area is 233 Å². The van der Waals surface area contributed by atoms with Crippen molar-refractivity contribution in [2.45, 2.75) is 13.8 Å². The topological polar surface area (TPSA) is 105 Å². The maximum atomic E-state index is 13.8. The first-order valence-electron chi connectivity index (χ1n) is 13.2. The summed E-state index contributed by atoms with van der Waals surface area (Å²) >= 11 is 0. The maximum absolute atomic E-state index is 13.8. The van der Waals surface area contributed by atoms with Crippen LogP contribution in [0, 0.1) is 19.7 Å². The van der Waals surface area contributed by atoms with E-state index >= 15 is 0 Å². The Bertz CT molecular complexity index is 1410. The third-order valence-electron chi connectivity index (χ3n) is 6.91. The molecule has 2 N–H and O–H groups in total. The number of ether oxygens (including phenoxy) is 1. The number of hydrogen-bond acceptors (Lipinski definition) is 8. The molecule has 1 fully saturated rings. The minimum atomic E-state index is -0.309. The molecule has 212 valence electrons. The Morgan fingerprint density at radius 3 is 2.58 bits per heavy atom. The van der Waals surface area contributed by atoms with Gasteiger partial charge in [-0.05, 0) is 55.3 Å². The molecule has 2 aromatic heterocycles. The lowest BCUT2D eigenvalue weighted by atomic mass is 10.0. The molecule has 1 saturated heterocycles. The first-order valence-corrected chi connectivity index (χ1v) is 13.2. The number of aldehydes is 1. The summed E-state index contributed by atoms with van der Waals surface area (Å²) in [5.41, 5.74) is 3.96. The highest BCUT2D eigenvalue weighted by atomic mass is 19.1. The Hall–Kier alpha value is -4.09. The summed E-state index contributed by atoms with van der Waals surface area (Å²) in [6.45, 7) is 8.00. The van der Waals surface area contributed by atoms with Crippen molar-refractivity contribution in [3.05, 3.63) is 64.5 Å². The molecule has 1 aliphatic rings. The Morgan fingerprint density at radius 2 is 1.90 bits per heavy atom. The number of amides is 1. The number of carbonyl (C=O) groups excluding carboxylic acids is 2. The number of rotatable bonds is 10. The van der Waals surface area contributed by atoms with Crippen LogP contribution in [0.2, 0.25) is 0 Å². The van der Waals surface area contributed by atoms with E-state index in [9.17, 15) is 14.0 Å². The third-order valence-corrected chi connectivity index (χ3v) is 6.91. The van der Waals surface area contributed by atoms with E-state index in [2.05, 4.69) is 25.5 Å². The van der Waals surface area contributed by atoms with Crippen molar-refractivity contribution in [1.29, 1.82) is 0 Å². The van der Waals surface area contributed by atoms with Gasteiger partial charge in [-0.3, -0.25) is 14.5 Å². The van der Waals surface area contributed by atoms with Gasteiger partial charge < -0.3 is 24.8 Å². The molecular formula is C29H36FN7O3. The van der Waals surface area contributed by atoms with Crippen LogP contribution in [0.15, 0.2) is 30.6 Å². The zero-order chi connectivity index (χ0) is 28.8. The van der Waals surface area contributed by atoms with E-state index in [4.69, 9.17) is 4.74 Å². The second kappa shape index (κ2) is 12.8. The normalized spacial score (nSPS) is 14.2. The lowest BCUT2D eigenvalue weighted by molar-refractivity contribution is -0.103. The van der Waals surface area contributed by atoms with Gasteiger partial charge >= 0.3 is 0 Å². The monoisotopic (exact) mass is 549 g/mol. The van der Waals surface area contributed by atoms with Gasteiger partial charge in [0.05, 0.1) is 18.8 Å². The first kappa shape index (κ1) is 28.9. The van der Waals surface area contributed by atoms with Crippen molar-refractivity contribution in [2.75, 3.05) is 63.7 Å².